The third kappa shape index (κ3) is 5.13. The summed E-state index contributed by atoms with van der Waals surface area (Å²) in [6, 6.07) is 6.23. The number of anilines is 1. The second-order valence-corrected chi connectivity index (χ2v) is 14.1. The summed E-state index contributed by atoms with van der Waals surface area (Å²) < 4.78 is 4.84. The number of amides is 3. The largest absolute Gasteiger partial charge is 0.494 e. The van der Waals surface area contributed by atoms with Crippen molar-refractivity contribution in [3.63, 3.8) is 0 Å². The number of fused-ring (bicyclic) bond motifs is 1. The predicted octanol–water partition coefficient (Wildman–Crippen LogP) is 4.22. The zero-order chi connectivity index (χ0) is 28.6. The Hall–Kier alpha value is -2.26. The lowest BCUT2D eigenvalue weighted by atomic mass is 9.65. The normalized spacial score (nSPS) is 32.3. The number of rotatable bonds is 10. The molecule has 1 spiro atoms. The molecule has 1 saturated carbocycles. The molecule has 0 aromatic heterocycles. The van der Waals surface area contributed by atoms with Crippen LogP contribution in [-0.2, 0) is 14.4 Å². The van der Waals surface area contributed by atoms with Gasteiger partial charge in [0.1, 0.15) is 11.8 Å². The van der Waals surface area contributed by atoms with Gasteiger partial charge in [-0.3, -0.25) is 14.4 Å². The Morgan fingerprint density at radius 3 is 2.48 bits per heavy atom. The highest BCUT2D eigenvalue weighted by atomic mass is 32.2. The SMILES string of the molecule is CCOc1ccc(NC(=O)[C@@H]2[C@@H]3CC(C)C4(S3)C(C(=O)NC3CCCCC3)N([C@@H](CO)CC(C)C)C(=O)[C@H]24)cc1. The number of nitrogens with one attached hydrogen (secondary N) is 2. The first-order valence-electron chi connectivity index (χ1n) is 15.2. The van der Waals surface area contributed by atoms with Gasteiger partial charge < -0.3 is 25.4 Å². The molecule has 3 saturated heterocycles. The Balaban J connectivity index is 1.47. The average Bonchev–Trinajstić information content (AvgIpc) is 3.52. The fourth-order valence-electron chi connectivity index (χ4n) is 7.83. The van der Waals surface area contributed by atoms with Gasteiger partial charge in [0.25, 0.3) is 0 Å². The van der Waals surface area contributed by atoms with Gasteiger partial charge in [-0.25, -0.2) is 0 Å². The lowest BCUT2D eigenvalue weighted by Gasteiger charge is -2.41. The molecule has 4 fully saturated rings. The maximum absolute atomic E-state index is 14.4. The Kier molecular flexibility index (Phi) is 8.72. The first-order chi connectivity index (χ1) is 19.2. The van der Waals surface area contributed by atoms with Gasteiger partial charge in [0, 0.05) is 17.0 Å². The molecule has 1 aliphatic carbocycles. The summed E-state index contributed by atoms with van der Waals surface area (Å²) in [5.74, 6) is -0.509. The van der Waals surface area contributed by atoms with Crippen LogP contribution in [0.25, 0.3) is 0 Å². The second-order valence-electron chi connectivity index (χ2n) is 12.6. The Labute approximate surface area is 242 Å². The average molecular weight is 572 g/mol. The highest BCUT2D eigenvalue weighted by molar-refractivity contribution is 8.02. The summed E-state index contributed by atoms with van der Waals surface area (Å²) in [6.45, 7) is 8.55. The minimum atomic E-state index is -0.698. The summed E-state index contributed by atoms with van der Waals surface area (Å²) in [6.07, 6.45) is 6.68. The van der Waals surface area contributed by atoms with Gasteiger partial charge in [-0.2, -0.15) is 0 Å². The molecule has 9 heteroatoms. The molecule has 3 amide bonds. The molecule has 8 nitrogen and oxygen atoms in total. The molecule has 1 aromatic carbocycles. The number of hydrogen-bond donors (Lipinski definition) is 3. The van der Waals surface area contributed by atoms with E-state index in [1.165, 1.54) is 6.42 Å². The minimum absolute atomic E-state index is 0.0311. The molecular weight excluding hydrogens is 526 g/mol. The van der Waals surface area contributed by atoms with E-state index in [0.717, 1.165) is 37.9 Å². The van der Waals surface area contributed by atoms with Crippen LogP contribution in [0.15, 0.2) is 24.3 Å². The predicted molar refractivity (Wildman–Crippen MR) is 157 cm³/mol. The van der Waals surface area contributed by atoms with E-state index in [1.54, 1.807) is 16.7 Å². The molecule has 3 N–H and O–H groups in total. The smallest absolute Gasteiger partial charge is 0.244 e. The van der Waals surface area contributed by atoms with Crippen LogP contribution in [0.5, 0.6) is 5.75 Å². The van der Waals surface area contributed by atoms with E-state index in [0.29, 0.717) is 18.7 Å². The molecule has 40 heavy (non-hydrogen) atoms. The van der Waals surface area contributed by atoms with Crippen LogP contribution in [-0.4, -0.2) is 69.1 Å². The lowest BCUT2D eigenvalue weighted by molar-refractivity contribution is -0.142. The van der Waals surface area contributed by atoms with E-state index < -0.39 is 28.7 Å². The van der Waals surface area contributed by atoms with Crippen molar-refractivity contribution in [3.8, 4) is 5.75 Å². The fraction of sp³-hybridized carbons (Fsp3) is 0.710. The molecule has 2 bridgehead atoms. The number of aliphatic hydroxyl groups excluding tert-OH is 1. The number of ether oxygens (including phenoxy) is 1. The molecule has 1 aromatic rings. The van der Waals surface area contributed by atoms with E-state index in [1.807, 2.05) is 31.2 Å². The van der Waals surface area contributed by atoms with Crippen molar-refractivity contribution in [3.05, 3.63) is 24.3 Å². The van der Waals surface area contributed by atoms with Crippen molar-refractivity contribution >= 4 is 35.2 Å². The summed E-state index contributed by atoms with van der Waals surface area (Å²) >= 11 is 1.68. The molecular formula is C31H45N3O5S. The number of benzene rings is 1. The van der Waals surface area contributed by atoms with Gasteiger partial charge in [-0.15, -0.1) is 11.8 Å². The number of carbonyl (C=O) groups excluding carboxylic acids is 3. The van der Waals surface area contributed by atoms with Crippen LogP contribution >= 0.6 is 11.8 Å². The Morgan fingerprint density at radius 2 is 1.85 bits per heavy atom. The number of nitrogens with zero attached hydrogens (tertiary/aromatic N) is 1. The summed E-state index contributed by atoms with van der Waals surface area (Å²) in [5.41, 5.74) is 0.658. The monoisotopic (exact) mass is 571 g/mol. The van der Waals surface area contributed by atoms with E-state index >= 15 is 0 Å². The molecule has 3 heterocycles. The highest BCUT2D eigenvalue weighted by Gasteiger charge is 2.76. The third-order valence-corrected chi connectivity index (χ3v) is 11.5. The maximum atomic E-state index is 14.4. The van der Waals surface area contributed by atoms with Gasteiger partial charge in [-0.1, -0.05) is 40.0 Å². The Morgan fingerprint density at radius 1 is 1.15 bits per heavy atom. The van der Waals surface area contributed by atoms with Gasteiger partial charge >= 0.3 is 0 Å². The number of thioether (sulfide) groups is 1. The quantitative estimate of drug-likeness (QED) is 0.388. The maximum Gasteiger partial charge on any atom is 0.244 e. The van der Waals surface area contributed by atoms with Crippen molar-refractivity contribution in [2.45, 2.75) is 101 Å². The van der Waals surface area contributed by atoms with E-state index in [4.69, 9.17) is 4.74 Å². The van der Waals surface area contributed by atoms with Gasteiger partial charge in [-0.05, 0) is 68.7 Å². The molecule has 220 valence electrons. The van der Waals surface area contributed by atoms with Crippen molar-refractivity contribution in [1.82, 2.24) is 10.2 Å². The van der Waals surface area contributed by atoms with E-state index in [9.17, 15) is 19.5 Å². The van der Waals surface area contributed by atoms with Crippen LogP contribution in [0.1, 0.15) is 72.6 Å². The first-order valence-corrected chi connectivity index (χ1v) is 16.0. The van der Waals surface area contributed by atoms with Crippen molar-refractivity contribution in [2.75, 3.05) is 18.5 Å². The molecule has 0 radical (unpaired) electrons. The Bertz CT molecular complexity index is 1090. The molecule has 4 aliphatic rings. The zero-order valence-electron chi connectivity index (χ0n) is 24.2. The summed E-state index contributed by atoms with van der Waals surface area (Å²) in [7, 11) is 0. The second kappa shape index (κ2) is 11.9. The van der Waals surface area contributed by atoms with Crippen molar-refractivity contribution < 1.29 is 24.2 Å². The highest BCUT2D eigenvalue weighted by Crippen LogP contribution is 2.69. The van der Waals surface area contributed by atoms with Crippen molar-refractivity contribution in [1.29, 1.82) is 0 Å². The zero-order valence-corrected chi connectivity index (χ0v) is 25.0. The topological polar surface area (TPSA) is 108 Å². The number of hydrogen-bond acceptors (Lipinski definition) is 6. The van der Waals surface area contributed by atoms with Gasteiger partial charge in [0.2, 0.25) is 17.7 Å². The van der Waals surface area contributed by atoms with Crippen LogP contribution < -0.4 is 15.4 Å². The first kappa shape index (κ1) is 29.2. The number of likely N-dealkylation sites (tertiary alicyclic amines) is 1. The molecule has 5 rings (SSSR count). The van der Waals surface area contributed by atoms with Crippen LogP contribution in [0.2, 0.25) is 0 Å². The number of aliphatic hydroxyl groups is 1. The number of carbonyl (C=O) groups is 3. The fourth-order valence-corrected chi connectivity index (χ4v) is 10.2. The van der Waals surface area contributed by atoms with Crippen LogP contribution in [0.4, 0.5) is 5.69 Å². The summed E-state index contributed by atoms with van der Waals surface area (Å²) in [4.78, 5) is 44.1. The lowest BCUT2D eigenvalue weighted by Crippen LogP contribution is -2.59. The molecule has 3 aliphatic heterocycles. The van der Waals surface area contributed by atoms with E-state index in [2.05, 4.69) is 31.4 Å². The standard InChI is InChI=1S/C31H45N3O5S/c1-5-39-23-13-11-21(12-14-23)32-28(36)25-24-16-19(4)31(40-24)26(25)30(38)34(22(17-35)15-18(2)3)27(31)29(37)33-20-9-7-6-8-10-20/h11-14,18-20,22,24-27,35H,5-10,15-17H2,1-4H3,(H,32,36)(H,33,37)/t19?,22-,24+,25-,26+,27?,31?/m1/s1. The van der Waals surface area contributed by atoms with Gasteiger partial charge in [0.15, 0.2) is 0 Å². The molecule has 3 unspecified atom stereocenters. The van der Waals surface area contributed by atoms with Crippen LogP contribution in [0, 0.1) is 23.7 Å². The third-order valence-electron chi connectivity index (χ3n) is 9.47. The molecule has 7 atom stereocenters. The van der Waals surface area contributed by atoms with Crippen LogP contribution in [0.3, 0.4) is 0 Å². The van der Waals surface area contributed by atoms with Gasteiger partial charge in [0.05, 0.1) is 35.8 Å². The van der Waals surface area contributed by atoms with E-state index in [-0.39, 0.29) is 47.5 Å². The van der Waals surface area contributed by atoms with Crippen molar-refractivity contribution in [2.24, 2.45) is 23.7 Å². The summed E-state index contributed by atoms with van der Waals surface area (Å²) in [5, 5.41) is 16.8. The minimum Gasteiger partial charge on any atom is -0.494 e.